The topological polar surface area (TPSA) is 72.2 Å². The highest BCUT2D eigenvalue weighted by Crippen LogP contribution is 2.31. The van der Waals surface area contributed by atoms with Crippen molar-refractivity contribution in [2.24, 2.45) is 11.8 Å². The lowest BCUT2D eigenvalue weighted by Crippen LogP contribution is -2.30. The highest BCUT2D eigenvalue weighted by Gasteiger charge is 2.26. The molecule has 2 rings (SSSR count). The molecule has 1 aliphatic rings. The average molecular weight is 303 g/mol. The Balaban J connectivity index is 2.09. The van der Waals surface area contributed by atoms with Crippen molar-refractivity contribution in [3.8, 4) is 0 Å². The smallest absolute Gasteiger partial charge is 0.242 e. The highest BCUT2D eigenvalue weighted by atomic mass is 35.5. The van der Waals surface area contributed by atoms with Crippen molar-refractivity contribution in [3.63, 3.8) is 0 Å². The first kappa shape index (κ1) is 14.6. The monoisotopic (exact) mass is 302 g/mol. The second kappa shape index (κ2) is 5.69. The molecule has 0 aliphatic heterocycles. The van der Waals surface area contributed by atoms with E-state index < -0.39 is 10.0 Å². The summed E-state index contributed by atoms with van der Waals surface area (Å²) in [6.45, 7) is 2.65. The van der Waals surface area contributed by atoms with E-state index in [2.05, 4.69) is 11.6 Å². The van der Waals surface area contributed by atoms with E-state index in [9.17, 15) is 8.42 Å². The van der Waals surface area contributed by atoms with Gasteiger partial charge in [0.2, 0.25) is 10.0 Å². The van der Waals surface area contributed by atoms with Gasteiger partial charge >= 0.3 is 0 Å². The third-order valence-electron chi connectivity index (χ3n) is 3.84. The van der Waals surface area contributed by atoms with Crippen LogP contribution in [0.1, 0.15) is 26.2 Å². The predicted octanol–water partition coefficient (Wildman–Crippen LogP) is 2.64. The number of nitrogen functional groups attached to an aromatic ring is 1. The van der Waals surface area contributed by atoms with Crippen LogP contribution in [0, 0.1) is 11.8 Å². The summed E-state index contributed by atoms with van der Waals surface area (Å²) in [5.41, 5.74) is 5.89. The van der Waals surface area contributed by atoms with Gasteiger partial charge in [0.25, 0.3) is 0 Å². The Labute approximate surface area is 119 Å². The third-order valence-corrected chi connectivity index (χ3v) is 5.57. The number of rotatable bonds is 4. The Morgan fingerprint density at radius 2 is 2.16 bits per heavy atom. The molecule has 0 aromatic heterocycles. The molecule has 0 spiro atoms. The molecule has 0 saturated heterocycles. The van der Waals surface area contributed by atoms with Crippen LogP contribution in [0.3, 0.4) is 0 Å². The molecule has 1 aliphatic carbocycles. The second-order valence-corrected chi connectivity index (χ2v) is 7.37. The number of halogens is 1. The van der Waals surface area contributed by atoms with Crippen molar-refractivity contribution >= 4 is 27.3 Å². The van der Waals surface area contributed by atoms with Crippen molar-refractivity contribution < 1.29 is 8.42 Å². The van der Waals surface area contributed by atoms with E-state index in [0.29, 0.717) is 23.4 Å². The largest absolute Gasteiger partial charge is 0.398 e. The number of nitrogens with one attached hydrogen (secondary N) is 1. The summed E-state index contributed by atoms with van der Waals surface area (Å²) in [6, 6.07) is 4.43. The van der Waals surface area contributed by atoms with E-state index in [1.165, 1.54) is 31.0 Å². The molecular weight excluding hydrogens is 284 g/mol. The summed E-state index contributed by atoms with van der Waals surface area (Å²) in [5, 5.41) is 0.431. The van der Waals surface area contributed by atoms with Gasteiger partial charge in [0.1, 0.15) is 4.90 Å². The summed E-state index contributed by atoms with van der Waals surface area (Å²) >= 11 is 5.77. The molecule has 1 fully saturated rings. The van der Waals surface area contributed by atoms with Gasteiger partial charge in [-0.3, -0.25) is 0 Å². The summed E-state index contributed by atoms with van der Waals surface area (Å²) in [7, 11) is -3.55. The molecule has 4 nitrogen and oxygen atoms in total. The zero-order valence-electron chi connectivity index (χ0n) is 10.9. The fourth-order valence-electron chi connectivity index (χ4n) is 2.58. The van der Waals surface area contributed by atoms with Crippen molar-refractivity contribution in [1.82, 2.24) is 4.72 Å². The van der Waals surface area contributed by atoms with Crippen LogP contribution in [0.2, 0.25) is 5.02 Å². The second-order valence-electron chi connectivity index (χ2n) is 5.20. The summed E-state index contributed by atoms with van der Waals surface area (Å²) in [4.78, 5) is 0.0996. The van der Waals surface area contributed by atoms with E-state index in [-0.39, 0.29) is 10.6 Å². The van der Waals surface area contributed by atoms with Gasteiger partial charge in [0.05, 0.1) is 5.69 Å². The van der Waals surface area contributed by atoms with E-state index >= 15 is 0 Å². The van der Waals surface area contributed by atoms with Gasteiger partial charge in [-0.25, -0.2) is 13.1 Å². The molecule has 0 heterocycles. The first-order chi connectivity index (χ1) is 8.90. The van der Waals surface area contributed by atoms with Crippen LogP contribution in [0.4, 0.5) is 5.69 Å². The van der Waals surface area contributed by atoms with Gasteiger partial charge in [-0.05, 0) is 36.5 Å². The highest BCUT2D eigenvalue weighted by molar-refractivity contribution is 7.89. The molecule has 2 unspecified atom stereocenters. The van der Waals surface area contributed by atoms with Gasteiger partial charge in [-0.1, -0.05) is 31.4 Å². The van der Waals surface area contributed by atoms with Gasteiger partial charge in [-0.2, -0.15) is 0 Å². The Bertz CT molecular complexity index is 560. The number of hydrogen-bond acceptors (Lipinski definition) is 3. The maximum Gasteiger partial charge on any atom is 0.242 e. The molecule has 6 heteroatoms. The van der Waals surface area contributed by atoms with Crippen molar-refractivity contribution in [2.75, 3.05) is 12.3 Å². The van der Waals surface area contributed by atoms with Crippen LogP contribution in [-0.2, 0) is 10.0 Å². The molecule has 0 radical (unpaired) electrons. The molecule has 1 aromatic carbocycles. The minimum absolute atomic E-state index is 0.0996. The Kier molecular flexibility index (Phi) is 4.38. The molecule has 2 atom stereocenters. The lowest BCUT2D eigenvalue weighted by molar-refractivity contribution is 0.414. The number of benzene rings is 1. The number of nitrogens with two attached hydrogens (primary N) is 1. The zero-order chi connectivity index (χ0) is 14.0. The first-order valence-electron chi connectivity index (χ1n) is 6.45. The van der Waals surface area contributed by atoms with Gasteiger partial charge in [-0.15, -0.1) is 0 Å². The van der Waals surface area contributed by atoms with Crippen LogP contribution in [0.15, 0.2) is 23.1 Å². The predicted molar refractivity (Wildman–Crippen MR) is 77.6 cm³/mol. The summed E-state index contributed by atoms with van der Waals surface area (Å²) in [6.07, 6.45) is 3.44. The van der Waals surface area contributed by atoms with Crippen molar-refractivity contribution in [1.29, 1.82) is 0 Å². The van der Waals surface area contributed by atoms with Crippen LogP contribution >= 0.6 is 11.6 Å². The average Bonchev–Trinajstić information content (AvgIpc) is 2.72. The normalized spacial score (nSPS) is 23.7. The Hall–Kier alpha value is -0.780. The minimum Gasteiger partial charge on any atom is -0.398 e. The molecule has 0 amide bonds. The standard InChI is InChI=1S/C13H19ClN2O2S/c1-9-3-2-4-10(9)8-16-19(17,18)13-6-5-11(14)7-12(13)15/h5-7,9-10,16H,2-4,8,15H2,1H3. The number of hydrogen-bond donors (Lipinski definition) is 2. The quantitative estimate of drug-likeness (QED) is 0.840. The van der Waals surface area contributed by atoms with Crippen LogP contribution in [0.5, 0.6) is 0 Å². The maximum absolute atomic E-state index is 12.2. The minimum atomic E-state index is -3.55. The maximum atomic E-state index is 12.2. The van der Waals surface area contributed by atoms with E-state index in [1.54, 1.807) is 0 Å². The Morgan fingerprint density at radius 3 is 2.74 bits per heavy atom. The van der Waals surface area contributed by atoms with E-state index in [1.807, 2.05) is 0 Å². The van der Waals surface area contributed by atoms with Crippen LogP contribution < -0.4 is 10.5 Å². The van der Waals surface area contributed by atoms with Crippen molar-refractivity contribution in [3.05, 3.63) is 23.2 Å². The molecule has 0 bridgehead atoms. The summed E-state index contributed by atoms with van der Waals surface area (Å²) < 4.78 is 27.0. The summed E-state index contributed by atoms with van der Waals surface area (Å²) in [5.74, 6) is 0.994. The number of sulfonamides is 1. The Morgan fingerprint density at radius 1 is 1.42 bits per heavy atom. The van der Waals surface area contributed by atoms with Crippen LogP contribution in [0.25, 0.3) is 0 Å². The molecule has 3 N–H and O–H groups in total. The van der Waals surface area contributed by atoms with E-state index in [4.69, 9.17) is 17.3 Å². The van der Waals surface area contributed by atoms with Gasteiger partial charge in [0, 0.05) is 11.6 Å². The molecular formula is C13H19ClN2O2S. The zero-order valence-corrected chi connectivity index (χ0v) is 12.5. The SMILES string of the molecule is CC1CCCC1CNS(=O)(=O)c1ccc(Cl)cc1N. The van der Waals surface area contributed by atoms with Crippen LogP contribution in [-0.4, -0.2) is 15.0 Å². The molecule has 19 heavy (non-hydrogen) atoms. The van der Waals surface area contributed by atoms with E-state index in [0.717, 1.165) is 6.42 Å². The first-order valence-corrected chi connectivity index (χ1v) is 8.31. The van der Waals surface area contributed by atoms with Gasteiger partial charge < -0.3 is 5.73 Å². The third kappa shape index (κ3) is 3.41. The lowest BCUT2D eigenvalue weighted by Gasteiger charge is -2.16. The van der Waals surface area contributed by atoms with Crippen molar-refractivity contribution in [2.45, 2.75) is 31.1 Å². The molecule has 106 valence electrons. The van der Waals surface area contributed by atoms with Gasteiger partial charge in [0.15, 0.2) is 0 Å². The molecule has 1 aromatic rings. The number of anilines is 1. The molecule has 1 saturated carbocycles. The fourth-order valence-corrected chi connectivity index (χ4v) is 3.97. The lowest BCUT2D eigenvalue weighted by atomic mass is 9.99. The fraction of sp³-hybridized carbons (Fsp3) is 0.538.